The van der Waals surface area contributed by atoms with E-state index in [2.05, 4.69) is 24.0 Å². The van der Waals surface area contributed by atoms with Crippen molar-refractivity contribution in [3.63, 3.8) is 0 Å². The summed E-state index contributed by atoms with van der Waals surface area (Å²) in [5.74, 6) is 0.852. The molecule has 2 heterocycles. The first kappa shape index (κ1) is 18.5. The largest absolute Gasteiger partial charge is 0.339 e. The van der Waals surface area contributed by atoms with E-state index in [1.54, 1.807) is 0 Å². The minimum atomic E-state index is 0.0866. The van der Waals surface area contributed by atoms with E-state index in [-0.39, 0.29) is 17.7 Å². The molecule has 1 aromatic rings. The summed E-state index contributed by atoms with van der Waals surface area (Å²) >= 11 is 0. The molecule has 146 valence electrons. The van der Waals surface area contributed by atoms with Gasteiger partial charge >= 0.3 is 0 Å². The van der Waals surface area contributed by atoms with Crippen molar-refractivity contribution in [1.29, 1.82) is 0 Å². The summed E-state index contributed by atoms with van der Waals surface area (Å²) in [5.41, 5.74) is 2.38. The van der Waals surface area contributed by atoms with Gasteiger partial charge in [-0.2, -0.15) is 0 Å². The number of hydrogen-bond donors (Lipinski definition) is 0. The van der Waals surface area contributed by atoms with Gasteiger partial charge in [-0.05, 0) is 69.4 Å². The van der Waals surface area contributed by atoms with Crippen LogP contribution in [0, 0.1) is 11.8 Å². The van der Waals surface area contributed by atoms with Crippen LogP contribution in [0.4, 0.5) is 5.69 Å². The first-order valence-electron chi connectivity index (χ1n) is 10.9. The number of carbonyl (C=O) groups excluding carboxylic acids is 2. The molecule has 0 spiro atoms. The lowest BCUT2D eigenvalue weighted by molar-refractivity contribution is -0.141. The second-order valence-corrected chi connectivity index (χ2v) is 8.51. The van der Waals surface area contributed by atoms with Crippen molar-refractivity contribution in [1.82, 2.24) is 4.90 Å². The van der Waals surface area contributed by atoms with E-state index in [1.807, 2.05) is 17.0 Å². The van der Waals surface area contributed by atoms with Crippen LogP contribution in [0.3, 0.4) is 0 Å². The number of amides is 2. The number of anilines is 1. The fraction of sp³-hybridized carbons (Fsp3) is 0.652. The maximum atomic E-state index is 13.1. The van der Waals surface area contributed by atoms with Gasteiger partial charge in [-0.25, -0.2) is 0 Å². The molecule has 0 aromatic heterocycles. The Morgan fingerprint density at radius 1 is 0.926 bits per heavy atom. The molecule has 3 aliphatic rings. The summed E-state index contributed by atoms with van der Waals surface area (Å²) < 4.78 is 0. The zero-order valence-electron chi connectivity index (χ0n) is 16.5. The first-order chi connectivity index (χ1) is 13.2. The van der Waals surface area contributed by atoms with Crippen molar-refractivity contribution in [3.8, 4) is 0 Å². The number of fused-ring (bicyclic) bond motifs is 1. The zero-order chi connectivity index (χ0) is 18.8. The Hall–Kier alpha value is -1.84. The Labute approximate surface area is 162 Å². The van der Waals surface area contributed by atoms with Crippen LogP contribution in [0.5, 0.6) is 0 Å². The zero-order valence-corrected chi connectivity index (χ0v) is 16.5. The Kier molecular flexibility index (Phi) is 5.51. The van der Waals surface area contributed by atoms with Crippen LogP contribution in [0.2, 0.25) is 0 Å². The molecule has 2 fully saturated rings. The van der Waals surface area contributed by atoms with Gasteiger partial charge in [0.25, 0.3) is 0 Å². The second kappa shape index (κ2) is 8.04. The molecule has 27 heavy (non-hydrogen) atoms. The quantitative estimate of drug-likeness (QED) is 0.803. The number of likely N-dealkylation sites (tertiary alicyclic amines) is 1. The van der Waals surface area contributed by atoms with Crippen molar-refractivity contribution in [2.45, 2.75) is 70.8 Å². The Morgan fingerprint density at radius 2 is 1.63 bits per heavy atom. The van der Waals surface area contributed by atoms with Crippen LogP contribution >= 0.6 is 0 Å². The van der Waals surface area contributed by atoms with Gasteiger partial charge in [0.2, 0.25) is 11.8 Å². The summed E-state index contributed by atoms with van der Waals surface area (Å²) in [5, 5.41) is 0. The van der Waals surface area contributed by atoms with E-state index in [4.69, 9.17) is 0 Å². The summed E-state index contributed by atoms with van der Waals surface area (Å²) in [7, 11) is 0. The molecule has 1 saturated heterocycles. The normalized spacial score (nSPS) is 28.1. The molecule has 1 aromatic carbocycles. The average Bonchev–Trinajstić information content (AvgIpc) is 3.17. The molecule has 1 aliphatic carbocycles. The molecule has 4 rings (SSSR count). The third-order valence-corrected chi connectivity index (χ3v) is 6.96. The summed E-state index contributed by atoms with van der Waals surface area (Å²) in [6.07, 6.45) is 9.04. The van der Waals surface area contributed by atoms with Gasteiger partial charge in [-0.15, -0.1) is 0 Å². The van der Waals surface area contributed by atoms with E-state index < -0.39 is 0 Å². The van der Waals surface area contributed by atoms with Crippen LogP contribution in [-0.2, 0) is 16.0 Å². The second-order valence-electron chi connectivity index (χ2n) is 8.51. The van der Waals surface area contributed by atoms with E-state index in [0.29, 0.717) is 11.9 Å². The monoisotopic (exact) mass is 368 g/mol. The number of para-hydroxylation sites is 1. The molecule has 4 nitrogen and oxygen atoms in total. The van der Waals surface area contributed by atoms with Crippen molar-refractivity contribution < 1.29 is 9.59 Å². The molecule has 1 saturated carbocycles. The van der Waals surface area contributed by atoms with Gasteiger partial charge in [-0.3, -0.25) is 9.59 Å². The number of hydrogen-bond acceptors (Lipinski definition) is 2. The van der Waals surface area contributed by atoms with Crippen LogP contribution in [0.25, 0.3) is 0 Å². The fourth-order valence-electron chi connectivity index (χ4n) is 5.32. The summed E-state index contributed by atoms with van der Waals surface area (Å²) in [4.78, 5) is 30.3. The van der Waals surface area contributed by atoms with Crippen molar-refractivity contribution >= 4 is 17.5 Å². The van der Waals surface area contributed by atoms with Crippen LogP contribution in [-0.4, -0.2) is 35.8 Å². The predicted octanol–water partition coefficient (Wildman–Crippen LogP) is 4.17. The summed E-state index contributed by atoms with van der Waals surface area (Å²) in [6.45, 7) is 3.93. The maximum Gasteiger partial charge on any atom is 0.230 e. The molecule has 2 amide bonds. The van der Waals surface area contributed by atoms with E-state index >= 15 is 0 Å². The first-order valence-corrected chi connectivity index (χ1v) is 10.9. The Balaban J connectivity index is 1.35. The number of carbonyl (C=O) groups is 2. The lowest BCUT2D eigenvalue weighted by Gasteiger charge is -2.39. The van der Waals surface area contributed by atoms with Crippen LogP contribution in [0.15, 0.2) is 24.3 Å². The fourth-order valence-corrected chi connectivity index (χ4v) is 5.32. The van der Waals surface area contributed by atoms with E-state index in [0.717, 1.165) is 70.1 Å². The van der Waals surface area contributed by atoms with Crippen LogP contribution in [0.1, 0.15) is 63.9 Å². The smallest absolute Gasteiger partial charge is 0.230 e. The minimum Gasteiger partial charge on any atom is -0.339 e. The van der Waals surface area contributed by atoms with Gasteiger partial charge in [0, 0.05) is 36.7 Å². The van der Waals surface area contributed by atoms with Crippen LogP contribution < -0.4 is 4.90 Å². The molecule has 2 aliphatic heterocycles. The molecule has 1 atom stereocenters. The van der Waals surface area contributed by atoms with Crippen molar-refractivity contribution in [2.75, 3.05) is 18.0 Å². The highest BCUT2D eigenvalue weighted by Gasteiger charge is 2.37. The standard InChI is InChI=1S/C23H32N2O2/c1-2-20-8-5-6-15-24(20)22(26)18-10-12-19(13-11-18)23(27)25-16-14-17-7-3-4-9-21(17)25/h3-4,7,9,18-20H,2,5-6,8,10-16H2,1H3. The molecule has 4 heteroatoms. The topological polar surface area (TPSA) is 40.6 Å². The maximum absolute atomic E-state index is 13.1. The lowest BCUT2D eigenvalue weighted by atomic mass is 9.80. The number of benzene rings is 1. The molecule has 0 bridgehead atoms. The summed E-state index contributed by atoms with van der Waals surface area (Å²) in [6, 6.07) is 8.69. The van der Waals surface area contributed by atoms with Crippen molar-refractivity contribution in [2.24, 2.45) is 11.8 Å². The van der Waals surface area contributed by atoms with Gasteiger partial charge in [-0.1, -0.05) is 25.1 Å². The number of piperidine rings is 1. The van der Waals surface area contributed by atoms with E-state index in [1.165, 1.54) is 12.0 Å². The third-order valence-electron chi connectivity index (χ3n) is 6.96. The highest BCUT2D eigenvalue weighted by Crippen LogP contribution is 2.36. The molecule has 1 unspecified atom stereocenters. The Bertz CT molecular complexity index is 693. The molecular formula is C23H32N2O2. The minimum absolute atomic E-state index is 0.0866. The van der Waals surface area contributed by atoms with Gasteiger partial charge in [0.15, 0.2) is 0 Å². The van der Waals surface area contributed by atoms with Gasteiger partial charge in [0.1, 0.15) is 0 Å². The molecular weight excluding hydrogens is 336 g/mol. The van der Waals surface area contributed by atoms with Crippen molar-refractivity contribution in [3.05, 3.63) is 29.8 Å². The number of rotatable bonds is 3. The number of nitrogens with zero attached hydrogens (tertiary/aromatic N) is 2. The Morgan fingerprint density at radius 3 is 2.37 bits per heavy atom. The van der Waals surface area contributed by atoms with E-state index in [9.17, 15) is 9.59 Å². The average molecular weight is 369 g/mol. The third kappa shape index (κ3) is 3.63. The molecule has 0 radical (unpaired) electrons. The SMILES string of the molecule is CCC1CCCCN1C(=O)C1CCC(C(=O)N2CCc3ccccc32)CC1. The highest BCUT2D eigenvalue weighted by atomic mass is 16.2. The van der Waals surface area contributed by atoms with Gasteiger partial charge in [0.05, 0.1) is 0 Å². The highest BCUT2D eigenvalue weighted by molar-refractivity contribution is 5.97. The lowest BCUT2D eigenvalue weighted by Crippen LogP contribution is -2.47. The molecule has 0 N–H and O–H groups in total. The predicted molar refractivity (Wildman–Crippen MR) is 108 cm³/mol. The van der Waals surface area contributed by atoms with Gasteiger partial charge < -0.3 is 9.80 Å².